The van der Waals surface area contributed by atoms with Crippen molar-refractivity contribution in [2.24, 2.45) is 0 Å². The van der Waals surface area contributed by atoms with Gasteiger partial charge < -0.3 is 14.4 Å². The second-order valence-corrected chi connectivity index (χ2v) is 7.72. The third-order valence-electron chi connectivity index (χ3n) is 5.05. The SMILES string of the molecule is O=C(CBr)C[C@@H]1[C@@H](OCc2ccccc2)CCCN1C(=O)OCc1ccccc1. The molecule has 1 saturated heterocycles. The number of amides is 1. The summed E-state index contributed by atoms with van der Waals surface area (Å²) in [6.45, 7) is 1.24. The highest BCUT2D eigenvalue weighted by Gasteiger charge is 2.37. The Kier molecular flexibility index (Phi) is 8.25. The Morgan fingerprint density at radius 1 is 0.966 bits per heavy atom. The third kappa shape index (κ3) is 6.41. The number of piperidine rings is 1. The minimum Gasteiger partial charge on any atom is -0.445 e. The Morgan fingerprint density at radius 2 is 1.59 bits per heavy atom. The van der Waals surface area contributed by atoms with Gasteiger partial charge in [0.25, 0.3) is 0 Å². The summed E-state index contributed by atoms with van der Waals surface area (Å²) in [6.07, 6.45) is 1.30. The average molecular weight is 460 g/mol. The molecule has 1 heterocycles. The Balaban J connectivity index is 1.66. The topological polar surface area (TPSA) is 55.8 Å². The predicted octanol–water partition coefficient (Wildman–Crippen LogP) is 4.73. The molecule has 2 atom stereocenters. The van der Waals surface area contributed by atoms with Gasteiger partial charge in [-0.25, -0.2) is 4.79 Å². The first-order valence-electron chi connectivity index (χ1n) is 9.88. The van der Waals surface area contributed by atoms with Crippen molar-refractivity contribution in [1.29, 1.82) is 0 Å². The quantitative estimate of drug-likeness (QED) is 0.535. The van der Waals surface area contributed by atoms with Crippen LogP contribution < -0.4 is 0 Å². The van der Waals surface area contributed by atoms with E-state index in [4.69, 9.17) is 9.47 Å². The van der Waals surface area contributed by atoms with Gasteiger partial charge in [0, 0.05) is 13.0 Å². The van der Waals surface area contributed by atoms with Crippen LogP contribution in [0, 0.1) is 0 Å². The molecule has 0 spiro atoms. The lowest BCUT2D eigenvalue weighted by Crippen LogP contribution is -2.52. The molecule has 0 aliphatic carbocycles. The molecule has 0 bridgehead atoms. The van der Waals surface area contributed by atoms with E-state index in [0.717, 1.165) is 24.0 Å². The molecule has 0 unspecified atom stereocenters. The number of carbonyl (C=O) groups excluding carboxylic acids is 2. The number of carbonyl (C=O) groups is 2. The Labute approximate surface area is 180 Å². The number of likely N-dealkylation sites (tertiary alicyclic amines) is 1. The fourth-order valence-corrected chi connectivity index (χ4v) is 3.78. The molecular weight excluding hydrogens is 434 g/mol. The van der Waals surface area contributed by atoms with E-state index in [9.17, 15) is 9.59 Å². The molecule has 5 nitrogen and oxygen atoms in total. The fraction of sp³-hybridized carbons (Fsp3) is 0.391. The van der Waals surface area contributed by atoms with Crippen LogP contribution in [0.15, 0.2) is 60.7 Å². The van der Waals surface area contributed by atoms with Crippen molar-refractivity contribution < 1.29 is 19.1 Å². The van der Waals surface area contributed by atoms with Gasteiger partial charge in [0.1, 0.15) is 12.4 Å². The molecule has 1 amide bonds. The standard InChI is InChI=1S/C23H26BrNO4/c24-15-20(26)14-21-22(28-16-18-8-3-1-4-9-18)12-7-13-25(21)23(27)29-17-19-10-5-2-6-11-19/h1-6,8-11,21-22H,7,12-17H2/t21-,22+/m1/s1. The van der Waals surface area contributed by atoms with E-state index in [-0.39, 0.29) is 36.3 Å². The smallest absolute Gasteiger partial charge is 0.410 e. The number of hydrogen-bond acceptors (Lipinski definition) is 4. The highest BCUT2D eigenvalue weighted by Crippen LogP contribution is 2.26. The molecule has 0 saturated carbocycles. The summed E-state index contributed by atoms with van der Waals surface area (Å²) in [7, 11) is 0. The number of ketones is 1. The monoisotopic (exact) mass is 459 g/mol. The van der Waals surface area contributed by atoms with Gasteiger partial charge in [-0.2, -0.15) is 0 Å². The first kappa shape index (κ1) is 21.5. The summed E-state index contributed by atoms with van der Waals surface area (Å²) >= 11 is 3.23. The van der Waals surface area contributed by atoms with Crippen LogP contribution in [0.1, 0.15) is 30.4 Å². The molecule has 1 aliphatic rings. The van der Waals surface area contributed by atoms with E-state index >= 15 is 0 Å². The van der Waals surface area contributed by atoms with Crippen molar-refractivity contribution in [3.05, 3.63) is 71.8 Å². The largest absolute Gasteiger partial charge is 0.445 e. The highest BCUT2D eigenvalue weighted by atomic mass is 79.9. The van der Waals surface area contributed by atoms with E-state index in [1.54, 1.807) is 4.90 Å². The van der Waals surface area contributed by atoms with Gasteiger partial charge in [0.05, 0.1) is 24.1 Å². The van der Waals surface area contributed by atoms with E-state index in [2.05, 4.69) is 15.9 Å². The van der Waals surface area contributed by atoms with Crippen LogP contribution in [0.5, 0.6) is 0 Å². The molecule has 1 fully saturated rings. The number of rotatable bonds is 8. The number of benzene rings is 2. The van der Waals surface area contributed by atoms with Gasteiger partial charge in [-0.3, -0.25) is 4.79 Å². The molecule has 154 valence electrons. The second-order valence-electron chi connectivity index (χ2n) is 7.15. The van der Waals surface area contributed by atoms with Crippen LogP contribution in [0.2, 0.25) is 0 Å². The van der Waals surface area contributed by atoms with Crippen LogP contribution in [0.4, 0.5) is 4.79 Å². The molecule has 0 N–H and O–H groups in total. The number of ether oxygens (including phenoxy) is 2. The summed E-state index contributed by atoms with van der Waals surface area (Å²) in [5, 5.41) is 0.266. The summed E-state index contributed by atoms with van der Waals surface area (Å²) in [4.78, 5) is 26.6. The average Bonchev–Trinajstić information content (AvgIpc) is 2.78. The number of alkyl halides is 1. The van der Waals surface area contributed by atoms with E-state index < -0.39 is 6.09 Å². The molecule has 0 aromatic heterocycles. The number of nitrogens with zero attached hydrogens (tertiary/aromatic N) is 1. The zero-order valence-electron chi connectivity index (χ0n) is 16.3. The van der Waals surface area contributed by atoms with Crippen molar-refractivity contribution in [2.45, 2.75) is 44.6 Å². The van der Waals surface area contributed by atoms with E-state index in [1.807, 2.05) is 60.7 Å². The summed E-state index contributed by atoms with van der Waals surface area (Å²) in [5.41, 5.74) is 2.00. The van der Waals surface area contributed by atoms with Gasteiger partial charge in [-0.05, 0) is 24.0 Å². The number of hydrogen-bond donors (Lipinski definition) is 0. The van der Waals surface area contributed by atoms with Crippen LogP contribution in [0.3, 0.4) is 0 Å². The maximum Gasteiger partial charge on any atom is 0.410 e. The molecule has 3 rings (SSSR count). The van der Waals surface area contributed by atoms with Gasteiger partial charge >= 0.3 is 6.09 Å². The first-order valence-corrected chi connectivity index (χ1v) is 11.0. The predicted molar refractivity (Wildman–Crippen MR) is 115 cm³/mol. The van der Waals surface area contributed by atoms with Gasteiger partial charge in [-0.15, -0.1) is 0 Å². The van der Waals surface area contributed by atoms with Gasteiger partial charge in [0.15, 0.2) is 0 Å². The van der Waals surface area contributed by atoms with Crippen molar-refractivity contribution in [2.75, 3.05) is 11.9 Å². The maximum atomic E-state index is 12.8. The number of halogens is 1. The normalized spacial score (nSPS) is 19.0. The zero-order chi connectivity index (χ0) is 20.5. The van der Waals surface area contributed by atoms with Crippen molar-refractivity contribution in [3.8, 4) is 0 Å². The Hall–Kier alpha value is -2.18. The minimum absolute atomic E-state index is 0.0473. The lowest BCUT2D eigenvalue weighted by Gasteiger charge is -2.40. The van der Waals surface area contributed by atoms with Crippen molar-refractivity contribution >= 4 is 27.8 Å². The minimum atomic E-state index is -0.394. The van der Waals surface area contributed by atoms with Crippen LogP contribution in [-0.4, -0.2) is 40.8 Å². The van der Waals surface area contributed by atoms with Crippen LogP contribution >= 0.6 is 15.9 Å². The molecular formula is C23H26BrNO4. The first-order chi connectivity index (χ1) is 14.2. The summed E-state index contributed by atoms with van der Waals surface area (Å²) in [6, 6.07) is 19.2. The van der Waals surface area contributed by atoms with Gasteiger partial charge in [-0.1, -0.05) is 76.6 Å². The molecule has 1 aliphatic heterocycles. The number of Topliss-reactive ketones (excluding diaryl/α,β-unsaturated/α-hetero) is 1. The highest BCUT2D eigenvalue weighted by molar-refractivity contribution is 9.09. The Morgan fingerprint density at radius 3 is 2.21 bits per heavy atom. The zero-order valence-corrected chi connectivity index (χ0v) is 17.9. The van der Waals surface area contributed by atoms with Crippen LogP contribution in [0.25, 0.3) is 0 Å². The Bertz CT molecular complexity index is 784. The lowest BCUT2D eigenvalue weighted by molar-refractivity contribution is -0.120. The lowest BCUT2D eigenvalue weighted by atomic mass is 9.95. The van der Waals surface area contributed by atoms with Crippen LogP contribution in [-0.2, 0) is 27.5 Å². The van der Waals surface area contributed by atoms with E-state index in [1.165, 1.54) is 0 Å². The van der Waals surface area contributed by atoms with Crippen molar-refractivity contribution in [1.82, 2.24) is 4.90 Å². The molecule has 2 aromatic carbocycles. The molecule has 29 heavy (non-hydrogen) atoms. The molecule has 2 aromatic rings. The molecule has 0 radical (unpaired) electrons. The third-order valence-corrected chi connectivity index (χ3v) is 5.67. The maximum absolute atomic E-state index is 12.8. The fourth-order valence-electron chi connectivity index (χ4n) is 3.55. The molecule has 6 heteroatoms. The summed E-state index contributed by atoms with van der Waals surface area (Å²) < 4.78 is 11.7. The van der Waals surface area contributed by atoms with Gasteiger partial charge in [0.2, 0.25) is 0 Å². The second kappa shape index (κ2) is 11.1. The summed E-state index contributed by atoms with van der Waals surface area (Å²) in [5.74, 6) is 0.0473. The van der Waals surface area contributed by atoms with E-state index in [0.29, 0.717) is 13.2 Å². The van der Waals surface area contributed by atoms with Crippen molar-refractivity contribution in [3.63, 3.8) is 0 Å².